The molecular weight excluding hydrogens is 575 g/mol. The van der Waals surface area contributed by atoms with Crippen LogP contribution in [0.25, 0.3) is 0 Å². The summed E-state index contributed by atoms with van der Waals surface area (Å²) in [6.45, 7) is 0. The molecule has 0 unspecified atom stereocenters. The lowest BCUT2D eigenvalue weighted by Gasteiger charge is -2.36. The molecule has 4 nitrogen and oxygen atoms in total. The minimum absolute atomic E-state index is 2.84. The molecule has 0 saturated carbocycles. The second-order valence-corrected chi connectivity index (χ2v) is 7.23. The van der Waals surface area contributed by atoms with Crippen molar-refractivity contribution in [3.05, 3.63) is 35.1 Å². The monoisotopic (exact) mass is 576 g/mol. The first kappa shape index (κ1) is 30.5. The molecule has 1 N–H and O–H groups in total. The quantitative estimate of drug-likeness (QED) is 0.141. The first-order valence-corrected chi connectivity index (χ1v) is 8.78. The van der Waals surface area contributed by atoms with Crippen LogP contribution < -0.4 is 4.74 Å². The van der Waals surface area contributed by atoms with Crippen molar-refractivity contribution in [1.82, 2.24) is 0 Å². The molecule has 1 aromatic carbocycles. The van der Waals surface area contributed by atoms with E-state index in [-0.39, 0.29) is 0 Å². The molecule has 0 heterocycles. The van der Waals surface area contributed by atoms with E-state index in [0.717, 1.165) is 0 Å². The van der Waals surface area contributed by atoms with E-state index in [1.54, 1.807) is 0 Å². The van der Waals surface area contributed by atoms with Gasteiger partial charge in [-0.3, -0.25) is 4.55 Å². The van der Waals surface area contributed by atoms with Crippen LogP contribution in [0.15, 0.2) is 16.7 Å². The molecule has 0 spiro atoms. The van der Waals surface area contributed by atoms with E-state index in [1.807, 2.05) is 0 Å². The molecule has 0 fully saturated rings. The molecule has 1 aromatic rings. The molecule has 1 rings (SSSR count). The zero-order chi connectivity index (χ0) is 28.3. The molecule has 0 radical (unpaired) electrons. The Labute approximate surface area is 179 Å². The largest absolute Gasteiger partial charge is 0.460 e. The lowest BCUT2D eigenvalue weighted by molar-refractivity contribution is -0.419. The van der Waals surface area contributed by atoms with Gasteiger partial charge in [-0.15, -0.1) is 0 Å². The average molecular weight is 576 g/mol. The van der Waals surface area contributed by atoms with Crippen molar-refractivity contribution >= 4 is 10.1 Å². The summed E-state index contributed by atoms with van der Waals surface area (Å²) in [4.78, 5) is -3.05. The summed E-state index contributed by atoms with van der Waals surface area (Å²) in [5.74, 6) is -53.2. The number of hydrogen-bond donors (Lipinski definition) is 1. The molecule has 35 heavy (non-hydrogen) atoms. The summed E-state index contributed by atoms with van der Waals surface area (Å²) in [6, 6.07) is -4.30. The van der Waals surface area contributed by atoms with Gasteiger partial charge in [0.15, 0.2) is 22.3 Å². The van der Waals surface area contributed by atoms with E-state index in [4.69, 9.17) is 4.55 Å². The summed E-state index contributed by atoms with van der Waals surface area (Å²) in [5, 5.41) is 0. The molecule has 202 valence electrons. The van der Waals surface area contributed by atoms with E-state index >= 15 is 0 Å². The van der Waals surface area contributed by atoms with Crippen molar-refractivity contribution in [3.8, 4) is 5.75 Å². The van der Waals surface area contributed by atoms with Gasteiger partial charge in [0.1, 0.15) is 0 Å². The Bertz CT molecular complexity index is 1150. The number of benzene rings is 1. The lowest BCUT2D eigenvalue weighted by atomic mass is 9.97. The third-order valence-corrected chi connectivity index (χ3v) is 4.50. The van der Waals surface area contributed by atoms with Crippen LogP contribution in [0, 0.1) is 23.3 Å². The van der Waals surface area contributed by atoms with E-state index in [9.17, 15) is 83.1 Å². The van der Waals surface area contributed by atoms with Gasteiger partial charge in [0.2, 0.25) is 17.5 Å². The Hall–Kier alpha value is -2.52. The van der Waals surface area contributed by atoms with Gasteiger partial charge in [-0.1, -0.05) is 0 Å². The molecule has 0 saturated heterocycles. The van der Waals surface area contributed by atoms with Crippen molar-refractivity contribution in [3.63, 3.8) is 0 Å². The summed E-state index contributed by atoms with van der Waals surface area (Å²) in [5.41, 5.74) is 0. The van der Waals surface area contributed by atoms with Crippen molar-refractivity contribution < 1.29 is 92.3 Å². The van der Waals surface area contributed by atoms with Gasteiger partial charge in [0.05, 0.1) is 0 Å². The number of alkyl halides is 11. The zero-order valence-electron chi connectivity index (χ0n) is 15.0. The number of allylic oxidation sites excluding steroid dienone is 1. The molecular formula is C13HF17O4S. The smallest absolute Gasteiger partial charge is 0.425 e. The van der Waals surface area contributed by atoms with Crippen molar-refractivity contribution in [1.29, 1.82) is 0 Å². The molecule has 0 aliphatic rings. The Morgan fingerprint density at radius 1 is 0.657 bits per heavy atom. The van der Waals surface area contributed by atoms with Gasteiger partial charge in [-0.2, -0.15) is 69.9 Å². The fraction of sp³-hybridized carbons (Fsp3) is 0.385. The van der Waals surface area contributed by atoms with Gasteiger partial charge in [0.25, 0.3) is 0 Å². The van der Waals surface area contributed by atoms with Crippen LogP contribution >= 0.6 is 0 Å². The molecule has 0 atom stereocenters. The summed E-state index contributed by atoms with van der Waals surface area (Å²) in [6.07, 6.45) is -7.69. The second kappa shape index (κ2) is 8.55. The molecule has 0 bridgehead atoms. The van der Waals surface area contributed by atoms with Crippen molar-refractivity contribution in [2.45, 2.75) is 34.8 Å². The van der Waals surface area contributed by atoms with Crippen LogP contribution in [-0.4, -0.2) is 42.8 Å². The Balaban J connectivity index is 3.81. The first-order valence-electron chi connectivity index (χ1n) is 7.34. The molecule has 0 amide bonds. The maximum Gasteiger partial charge on any atom is 0.460 e. The second-order valence-electron chi connectivity index (χ2n) is 5.87. The fourth-order valence-corrected chi connectivity index (χ4v) is 2.56. The number of hydrogen-bond acceptors (Lipinski definition) is 3. The molecule has 0 aromatic heterocycles. The Morgan fingerprint density at radius 2 is 1.06 bits per heavy atom. The summed E-state index contributed by atoms with van der Waals surface area (Å²) < 4.78 is 255. The van der Waals surface area contributed by atoms with E-state index in [0.29, 0.717) is 0 Å². The van der Waals surface area contributed by atoms with Crippen molar-refractivity contribution in [2.75, 3.05) is 0 Å². The van der Waals surface area contributed by atoms with Crippen LogP contribution in [0.2, 0.25) is 0 Å². The van der Waals surface area contributed by atoms with Crippen LogP contribution in [0.5, 0.6) is 5.75 Å². The molecule has 22 heteroatoms. The van der Waals surface area contributed by atoms with Gasteiger partial charge in [-0.25, -0.2) is 13.2 Å². The lowest BCUT2D eigenvalue weighted by Crippen LogP contribution is -2.66. The van der Waals surface area contributed by atoms with Crippen LogP contribution in [-0.2, 0) is 10.1 Å². The normalized spacial score (nSPS) is 15.3. The van der Waals surface area contributed by atoms with E-state index in [1.165, 1.54) is 0 Å². The fourth-order valence-electron chi connectivity index (χ4n) is 1.88. The highest BCUT2D eigenvalue weighted by Gasteiger charge is 2.88. The number of halogens is 17. The number of rotatable bonds is 7. The maximum absolute atomic E-state index is 13.6. The maximum atomic E-state index is 13.6. The standard InChI is InChI=1S/C13HF17O4S/c14-1-2(15)4(17)6(35(31,32)33)5(3(1)16)34-8(19)7(18)9(20,21)10(22,23)11(24,25)12(26,27)13(28,29)30/h(H,31,32,33). The minimum Gasteiger partial charge on any atom is -0.425 e. The predicted octanol–water partition coefficient (Wildman–Crippen LogP) is 6.08. The molecule has 0 aliphatic heterocycles. The number of ether oxygens (including phenoxy) is 1. The SMILES string of the molecule is O=S(=O)(O)c1c(F)c(F)c(F)c(F)c1OC(F)=C(F)C(F)(F)C(F)(F)C(F)(F)C(F)(F)C(F)(F)F. The highest BCUT2D eigenvalue weighted by atomic mass is 32.2. The van der Waals surface area contributed by atoms with E-state index < -0.39 is 85.7 Å². The van der Waals surface area contributed by atoms with Crippen LogP contribution in [0.4, 0.5) is 74.6 Å². The topological polar surface area (TPSA) is 63.6 Å². The highest BCUT2D eigenvalue weighted by molar-refractivity contribution is 7.86. The van der Waals surface area contributed by atoms with Crippen molar-refractivity contribution in [2.24, 2.45) is 0 Å². The van der Waals surface area contributed by atoms with Crippen LogP contribution in [0.3, 0.4) is 0 Å². The van der Waals surface area contributed by atoms with Gasteiger partial charge in [0, 0.05) is 0 Å². The predicted molar refractivity (Wildman–Crippen MR) is 71.8 cm³/mol. The van der Waals surface area contributed by atoms with Gasteiger partial charge >= 0.3 is 46.0 Å². The Morgan fingerprint density at radius 3 is 1.43 bits per heavy atom. The minimum atomic E-state index is -8.27. The zero-order valence-corrected chi connectivity index (χ0v) is 15.8. The van der Waals surface area contributed by atoms with Gasteiger partial charge < -0.3 is 4.74 Å². The van der Waals surface area contributed by atoms with Crippen LogP contribution in [0.1, 0.15) is 0 Å². The third kappa shape index (κ3) is 4.56. The van der Waals surface area contributed by atoms with E-state index in [2.05, 4.69) is 4.74 Å². The summed E-state index contributed by atoms with van der Waals surface area (Å²) in [7, 11) is -6.46. The highest BCUT2D eigenvalue weighted by Crippen LogP contribution is 2.59. The third-order valence-electron chi connectivity index (χ3n) is 3.62. The Kier molecular flexibility index (Phi) is 7.45. The average Bonchev–Trinajstić information content (AvgIpc) is 2.67. The van der Waals surface area contributed by atoms with Gasteiger partial charge in [-0.05, 0) is 0 Å². The first-order chi connectivity index (χ1) is 15.2. The molecule has 0 aliphatic carbocycles. The summed E-state index contributed by atoms with van der Waals surface area (Å²) >= 11 is 0.